The first-order chi connectivity index (χ1) is 10.2. The first-order valence-electron chi connectivity index (χ1n) is 7.44. The van der Waals surface area contributed by atoms with Gasteiger partial charge in [-0.1, -0.05) is 12.1 Å². The van der Waals surface area contributed by atoms with Gasteiger partial charge in [0.15, 0.2) is 0 Å². The molecule has 0 aliphatic carbocycles. The van der Waals surface area contributed by atoms with Gasteiger partial charge in [-0.2, -0.15) is 5.10 Å². The first kappa shape index (κ1) is 14.1. The molecule has 1 aromatic heterocycles. The van der Waals surface area contributed by atoms with Gasteiger partial charge in [-0.05, 0) is 43.6 Å². The average Bonchev–Trinajstić information content (AvgIpc) is 3.13. The molecule has 0 saturated carbocycles. The molecule has 21 heavy (non-hydrogen) atoms. The second kappa shape index (κ2) is 6.26. The second-order valence-corrected chi connectivity index (χ2v) is 5.59. The second-order valence-electron chi connectivity index (χ2n) is 5.59. The van der Waals surface area contributed by atoms with Gasteiger partial charge in [0.25, 0.3) is 0 Å². The number of hydrogen-bond acceptors (Lipinski definition) is 3. The lowest BCUT2D eigenvalue weighted by atomic mass is 10.1. The van der Waals surface area contributed by atoms with Crippen LogP contribution in [0, 0.1) is 5.82 Å². The predicted octanol–water partition coefficient (Wildman–Crippen LogP) is 2.81. The van der Waals surface area contributed by atoms with Gasteiger partial charge in [-0.25, -0.2) is 4.39 Å². The molecule has 5 heteroatoms. The number of anilines is 1. The zero-order valence-electron chi connectivity index (χ0n) is 12.3. The molecule has 1 N–H and O–H groups in total. The Balaban J connectivity index is 1.73. The third kappa shape index (κ3) is 3.42. The zero-order chi connectivity index (χ0) is 14.7. The van der Waals surface area contributed by atoms with Crippen LogP contribution in [0.25, 0.3) is 0 Å². The quantitative estimate of drug-likeness (QED) is 0.918. The molecule has 3 rings (SSSR count). The summed E-state index contributed by atoms with van der Waals surface area (Å²) in [5.74, 6) is -0.181. The van der Waals surface area contributed by atoms with E-state index in [1.807, 2.05) is 31.6 Å². The Morgan fingerprint density at radius 2 is 1.95 bits per heavy atom. The number of aromatic nitrogens is 2. The third-order valence-corrected chi connectivity index (χ3v) is 4.04. The minimum absolute atomic E-state index is 0.181. The molecule has 1 unspecified atom stereocenters. The Morgan fingerprint density at radius 3 is 2.57 bits per heavy atom. The first-order valence-corrected chi connectivity index (χ1v) is 7.44. The molecule has 1 saturated heterocycles. The summed E-state index contributed by atoms with van der Waals surface area (Å²) in [6.07, 6.45) is 6.27. The summed E-state index contributed by atoms with van der Waals surface area (Å²) in [6.45, 7) is 3.02. The van der Waals surface area contributed by atoms with E-state index < -0.39 is 0 Å². The summed E-state index contributed by atoms with van der Waals surface area (Å²) < 4.78 is 14.9. The Kier molecular flexibility index (Phi) is 4.20. The van der Waals surface area contributed by atoms with Gasteiger partial charge in [0.2, 0.25) is 0 Å². The van der Waals surface area contributed by atoms with Crippen LogP contribution in [0.5, 0.6) is 0 Å². The molecule has 1 aliphatic rings. The van der Waals surface area contributed by atoms with E-state index in [1.165, 1.54) is 12.8 Å². The molecule has 1 atom stereocenters. The normalized spacial score (nSPS) is 17.0. The van der Waals surface area contributed by atoms with Gasteiger partial charge in [0, 0.05) is 19.8 Å². The van der Waals surface area contributed by atoms with Crippen molar-refractivity contribution >= 4 is 5.69 Å². The lowest BCUT2D eigenvalue weighted by Crippen LogP contribution is -2.31. The largest absolute Gasteiger partial charge is 0.381 e. The van der Waals surface area contributed by atoms with Crippen molar-refractivity contribution in [2.24, 2.45) is 7.05 Å². The van der Waals surface area contributed by atoms with E-state index in [9.17, 15) is 4.39 Å². The van der Waals surface area contributed by atoms with E-state index in [0.717, 1.165) is 30.9 Å². The van der Waals surface area contributed by atoms with E-state index in [0.29, 0.717) is 0 Å². The number of rotatable bonds is 5. The summed E-state index contributed by atoms with van der Waals surface area (Å²) >= 11 is 0. The smallest absolute Gasteiger partial charge is 0.123 e. The third-order valence-electron chi connectivity index (χ3n) is 4.04. The molecule has 0 radical (unpaired) electrons. The molecule has 2 heterocycles. The summed E-state index contributed by atoms with van der Waals surface area (Å²) in [5, 5.41) is 7.60. The van der Waals surface area contributed by atoms with E-state index in [2.05, 4.69) is 15.3 Å². The molecule has 0 amide bonds. The number of nitrogens with one attached hydrogen (secondary N) is 1. The highest BCUT2D eigenvalue weighted by atomic mass is 19.1. The molecule has 1 aliphatic heterocycles. The maximum Gasteiger partial charge on any atom is 0.123 e. The zero-order valence-corrected chi connectivity index (χ0v) is 12.3. The molecular formula is C16H21FN4. The average molecular weight is 288 g/mol. The molecule has 2 aromatic rings. The van der Waals surface area contributed by atoms with Crippen molar-refractivity contribution in [2.75, 3.05) is 25.0 Å². The van der Waals surface area contributed by atoms with Crippen molar-refractivity contribution < 1.29 is 4.39 Å². The summed E-state index contributed by atoms with van der Waals surface area (Å²) in [4.78, 5) is 2.47. The minimum Gasteiger partial charge on any atom is -0.381 e. The van der Waals surface area contributed by atoms with Gasteiger partial charge in [-0.15, -0.1) is 0 Å². The Hall–Kier alpha value is -1.88. The van der Waals surface area contributed by atoms with Crippen molar-refractivity contribution in [3.63, 3.8) is 0 Å². The van der Waals surface area contributed by atoms with Crippen LogP contribution in [0.15, 0.2) is 36.7 Å². The van der Waals surface area contributed by atoms with Crippen molar-refractivity contribution in [1.29, 1.82) is 0 Å². The Labute approximate surface area is 124 Å². The maximum atomic E-state index is 13.1. The van der Waals surface area contributed by atoms with Crippen LogP contribution in [-0.4, -0.2) is 34.3 Å². The van der Waals surface area contributed by atoms with Crippen molar-refractivity contribution in [3.05, 3.63) is 48.0 Å². The van der Waals surface area contributed by atoms with Crippen molar-refractivity contribution in [2.45, 2.75) is 18.9 Å². The van der Waals surface area contributed by atoms with Gasteiger partial charge in [0.1, 0.15) is 5.82 Å². The number of nitrogens with zero attached hydrogens (tertiary/aromatic N) is 3. The lowest BCUT2D eigenvalue weighted by molar-refractivity contribution is 0.256. The minimum atomic E-state index is -0.181. The molecule has 1 aromatic carbocycles. The lowest BCUT2D eigenvalue weighted by Gasteiger charge is -2.28. The van der Waals surface area contributed by atoms with Gasteiger partial charge < -0.3 is 5.32 Å². The van der Waals surface area contributed by atoms with E-state index in [4.69, 9.17) is 0 Å². The Morgan fingerprint density at radius 1 is 1.24 bits per heavy atom. The van der Waals surface area contributed by atoms with Crippen LogP contribution >= 0.6 is 0 Å². The van der Waals surface area contributed by atoms with Crippen molar-refractivity contribution in [1.82, 2.24) is 14.7 Å². The Bertz CT molecular complexity index is 572. The number of hydrogen-bond donors (Lipinski definition) is 1. The van der Waals surface area contributed by atoms with Crippen LogP contribution in [0.1, 0.15) is 24.4 Å². The molecule has 112 valence electrons. The van der Waals surface area contributed by atoms with Crippen LogP contribution < -0.4 is 5.32 Å². The fourth-order valence-corrected chi connectivity index (χ4v) is 2.92. The molecule has 0 spiro atoms. The van der Waals surface area contributed by atoms with Crippen molar-refractivity contribution in [3.8, 4) is 0 Å². The fraction of sp³-hybridized carbons (Fsp3) is 0.438. The monoisotopic (exact) mass is 288 g/mol. The summed E-state index contributed by atoms with van der Waals surface area (Å²) in [5.41, 5.74) is 2.18. The highest BCUT2D eigenvalue weighted by Gasteiger charge is 2.23. The van der Waals surface area contributed by atoms with Gasteiger partial charge in [0.05, 0.1) is 17.9 Å². The maximum absolute atomic E-state index is 13.1. The number of aryl methyl sites for hydroxylation is 1. The summed E-state index contributed by atoms with van der Waals surface area (Å²) in [6, 6.07) is 7.14. The molecule has 4 nitrogen and oxygen atoms in total. The highest BCUT2D eigenvalue weighted by molar-refractivity contribution is 5.39. The van der Waals surface area contributed by atoms with E-state index >= 15 is 0 Å². The van der Waals surface area contributed by atoms with Crippen LogP contribution in [0.4, 0.5) is 10.1 Å². The van der Waals surface area contributed by atoms with Crippen LogP contribution in [-0.2, 0) is 7.05 Å². The summed E-state index contributed by atoms with van der Waals surface area (Å²) in [7, 11) is 1.91. The SMILES string of the molecule is Cn1cc(NCC(c2ccc(F)cc2)N2CCCC2)cn1. The molecular weight excluding hydrogens is 267 g/mol. The van der Waals surface area contributed by atoms with E-state index in [-0.39, 0.29) is 11.9 Å². The fourth-order valence-electron chi connectivity index (χ4n) is 2.92. The molecule has 1 fully saturated rings. The van der Waals surface area contributed by atoms with Gasteiger partial charge in [-0.3, -0.25) is 9.58 Å². The molecule has 0 bridgehead atoms. The standard InChI is InChI=1S/C16H21FN4/c1-20-12-15(10-19-20)18-11-16(21-8-2-3-9-21)13-4-6-14(17)7-5-13/h4-7,10,12,16,18H,2-3,8-9,11H2,1H3. The number of halogens is 1. The topological polar surface area (TPSA) is 33.1 Å². The van der Waals surface area contributed by atoms with E-state index in [1.54, 1.807) is 16.8 Å². The highest BCUT2D eigenvalue weighted by Crippen LogP contribution is 2.25. The van der Waals surface area contributed by atoms with Crippen LogP contribution in [0.2, 0.25) is 0 Å². The van der Waals surface area contributed by atoms with Crippen LogP contribution in [0.3, 0.4) is 0 Å². The van der Waals surface area contributed by atoms with Gasteiger partial charge >= 0.3 is 0 Å². The number of benzene rings is 1. The number of likely N-dealkylation sites (tertiary alicyclic amines) is 1. The predicted molar refractivity (Wildman–Crippen MR) is 81.6 cm³/mol.